The second-order valence-electron chi connectivity index (χ2n) is 3.49. The maximum absolute atomic E-state index is 11.0. The summed E-state index contributed by atoms with van der Waals surface area (Å²) in [5, 5.41) is 9.00. The molecule has 1 aromatic carbocycles. The molecule has 0 aliphatic carbocycles. The average Bonchev–Trinajstić information content (AvgIpc) is 2.18. The largest absolute Gasteiger partial charge is 0.489 e. The Kier molecular flexibility index (Phi) is 2.15. The first-order chi connectivity index (χ1) is 7.09. The van der Waals surface area contributed by atoms with Gasteiger partial charge in [0.05, 0.1) is 12.2 Å². The van der Waals surface area contributed by atoms with Crippen LogP contribution in [0.15, 0.2) is 12.1 Å². The van der Waals surface area contributed by atoms with Crippen molar-refractivity contribution >= 4 is 17.3 Å². The van der Waals surface area contributed by atoms with Gasteiger partial charge in [-0.05, 0) is 12.1 Å². The van der Waals surface area contributed by atoms with Crippen LogP contribution in [0, 0.1) is 0 Å². The summed E-state index contributed by atoms with van der Waals surface area (Å²) in [6, 6.07) is 3.14. The van der Waals surface area contributed by atoms with E-state index in [9.17, 15) is 4.79 Å². The number of rotatable bonds is 1. The van der Waals surface area contributed by atoms with Gasteiger partial charge in [0.25, 0.3) is 0 Å². The number of ether oxygens (including phenoxy) is 1. The number of benzene rings is 1. The summed E-state index contributed by atoms with van der Waals surface area (Å²) in [5.74, 6) is -0.612. The summed E-state index contributed by atoms with van der Waals surface area (Å²) >= 11 is 0. The fourth-order valence-electron chi connectivity index (χ4n) is 1.63. The van der Waals surface area contributed by atoms with Gasteiger partial charge in [-0.25, -0.2) is 4.79 Å². The van der Waals surface area contributed by atoms with E-state index < -0.39 is 5.97 Å². The lowest BCUT2D eigenvalue weighted by Gasteiger charge is -2.28. The fourth-order valence-corrected chi connectivity index (χ4v) is 1.63. The molecule has 2 rings (SSSR count). The van der Waals surface area contributed by atoms with Gasteiger partial charge in [-0.1, -0.05) is 0 Å². The van der Waals surface area contributed by atoms with Crippen LogP contribution in [0.25, 0.3) is 0 Å². The molecule has 0 unspecified atom stereocenters. The molecule has 80 valence electrons. The van der Waals surface area contributed by atoms with Crippen molar-refractivity contribution in [2.75, 3.05) is 30.8 Å². The first-order valence-electron chi connectivity index (χ1n) is 4.60. The molecule has 0 aromatic heterocycles. The van der Waals surface area contributed by atoms with E-state index >= 15 is 0 Å². The Morgan fingerprint density at radius 1 is 1.60 bits per heavy atom. The number of carboxylic acids is 1. The third-order valence-electron chi connectivity index (χ3n) is 2.41. The highest BCUT2D eigenvalue weighted by Crippen LogP contribution is 2.36. The number of nitrogens with zero attached hydrogens (tertiary/aromatic N) is 1. The Balaban J connectivity index is 2.62. The number of nitrogen functional groups attached to an aromatic ring is 1. The van der Waals surface area contributed by atoms with Crippen LogP contribution in [0.4, 0.5) is 11.4 Å². The normalized spacial score (nSPS) is 14.3. The monoisotopic (exact) mass is 208 g/mol. The molecule has 0 radical (unpaired) electrons. The number of anilines is 2. The number of fused-ring (bicyclic) bond motifs is 1. The number of aromatic carboxylic acids is 1. The minimum absolute atomic E-state index is 0.122. The maximum atomic E-state index is 11.0. The quantitative estimate of drug-likeness (QED) is 0.667. The second kappa shape index (κ2) is 3.34. The van der Waals surface area contributed by atoms with Gasteiger partial charge in [0.15, 0.2) is 5.75 Å². The molecule has 0 spiro atoms. The van der Waals surface area contributed by atoms with Crippen molar-refractivity contribution in [2.45, 2.75) is 0 Å². The van der Waals surface area contributed by atoms with Crippen LogP contribution in [-0.2, 0) is 0 Å². The summed E-state index contributed by atoms with van der Waals surface area (Å²) in [6.45, 7) is 1.23. The molecule has 3 N–H and O–H groups in total. The molecule has 1 aromatic rings. The zero-order valence-corrected chi connectivity index (χ0v) is 8.36. The van der Waals surface area contributed by atoms with E-state index in [4.69, 9.17) is 15.6 Å². The van der Waals surface area contributed by atoms with Crippen molar-refractivity contribution in [1.29, 1.82) is 0 Å². The molecular weight excluding hydrogens is 196 g/mol. The van der Waals surface area contributed by atoms with Crippen molar-refractivity contribution in [2.24, 2.45) is 0 Å². The Hall–Kier alpha value is -1.91. The van der Waals surface area contributed by atoms with Crippen LogP contribution in [0.5, 0.6) is 5.75 Å². The highest BCUT2D eigenvalue weighted by Gasteiger charge is 2.22. The summed E-state index contributed by atoms with van der Waals surface area (Å²) in [4.78, 5) is 12.9. The first-order valence-corrected chi connectivity index (χ1v) is 4.60. The predicted octanol–water partition coefficient (Wildman–Crippen LogP) is 0.796. The Bertz CT molecular complexity index is 417. The molecule has 1 aliphatic heterocycles. The van der Waals surface area contributed by atoms with Crippen LogP contribution in [0.3, 0.4) is 0 Å². The molecule has 5 nitrogen and oxygen atoms in total. The van der Waals surface area contributed by atoms with E-state index in [1.165, 1.54) is 6.07 Å². The Labute approximate surface area is 87.1 Å². The minimum Gasteiger partial charge on any atom is -0.489 e. The summed E-state index contributed by atoms with van der Waals surface area (Å²) in [6.07, 6.45) is 0. The van der Waals surface area contributed by atoms with Crippen molar-refractivity contribution in [3.8, 4) is 5.75 Å². The van der Waals surface area contributed by atoms with Crippen LogP contribution < -0.4 is 15.4 Å². The molecule has 0 saturated heterocycles. The van der Waals surface area contributed by atoms with Crippen molar-refractivity contribution in [1.82, 2.24) is 0 Å². The second-order valence-corrected chi connectivity index (χ2v) is 3.49. The van der Waals surface area contributed by atoms with Gasteiger partial charge < -0.3 is 20.5 Å². The number of carboxylic acid groups (broad SMARTS) is 1. The molecule has 0 bridgehead atoms. The average molecular weight is 208 g/mol. The van der Waals surface area contributed by atoms with Crippen LogP contribution in [0.1, 0.15) is 10.4 Å². The van der Waals surface area contributed by atoms with E-state index in [1.54, 1.807) is 6.07 Å². The summed E-state index contributed by atoms with van der Waals surface area (Å²) in [7, 11) is 1.88. The predicted molar refractivity (Wildman–Crippen MR) is 56.6 cm³/mol. The van der Waals surface area contributed by atoms with E-state index in [0.29, 0.717) is 18.0 Å². The molecule has 0 fully saturated rings. The van der Waals surface area contributed by atoms with Crippen LogP contribution in [0.2, 0.25) is 0 Å². The maximum Gasteiger partial charge on any atom is 0.339 e. The van der Waals surface area contributed by atoms with Crippen molar-refractivity contribution < 1.29 is 14.6 Å². The minimum atomic E-state index is -1.02. The molecule has 1 aliphatic rings. The van der Waals surface area contributed by atoms with E-state index in [1.807, 2.05) is 11.9 Å². The van der Waals surface area contributed by atoms with E-state index in [-0.39, 0.29) is 5.56 Å². The van der Waals surface area contributed by atoms with Gasteiger partial charge in [-0.2, -0.15) is 0 Å². The third kappa shape index (κ3) is 1.56. The van der Waals surface area contributed by atoms with Gasteiger partial charge in [-0.3, -0.25) is 0 Å². The number of nitrogens with two attached hydrogens (primary N) is 1. The van der Waals surface area contributed by atoms with Gasteiger partial charge in [0, 0.05) is 12.7 Å². The number of hydrogen-bond acceptors (Lipinski definition) is 4. The van der Waals surface area contributed by atoms with Gasteiger partial charge >= 0.3 is 5.97 Å². The summed E-state index contributed by atoms with van der Waals surface area (Å²) in [5.41, 5.74) is 6.93. The SMILES string of the molecule is CN1CCOc2c(C(=O)O)cc(N)cc21. The lowest BCUT2D eigenvalue weighted by atomic mass is 10.1. The smallest absolute Gasteiger partial charge is 0.339 e. The highest BCUT2D eigenvalue weighted by atomic mass is 16.5. The number of carbonyl (C=O) groups is 1. The van der Waals surface area contributed by atoms with E-state index in [2.05, 4.69) is 0 Å². The highest BCUT2D eigenvalue weighted by molar-refractivity contribution is 5.95. The number of hydrogen-bond donors (Lipinski definition) is 2. The molecular formula is C10H12N2O3. The molecule has 0 saturated carbocycles. The Morgan fingerprint density at radius 2 is 2.33 bits per heavy atom. The molecule has 5 heteroatoms. The van der Waals surface area contributed by atoms with Crippen molar-refractivity contribution in [3.63, 3.8) is 0 Å². The third-order valence-corrected chi connectivity index (χ3v) is 2.41. The number of likely N-dealkylation sites (N-methyl/N-ethyl adjacent to an activating group) is 1. The van der Waals surface area contributed by atoms with Crippen molar-refractivity contribution in [3.05, 3.63) is 17.7 Å². The summed E-state index contributed by atoms with van der Waals surface area (Å²) < 4.78 is 5.36. The Morgan fingerprint density at radius 3 is 3.00 bits per heavy atom. The zero-order valence-electron chi connectivity index (χ0n) is 8.36. The lowest BCUT2D eigenvalue weighted by molar-refractivity contribution is 0.0692. The first kappa shape index (κ1) is 9.64. The van der Waals surface area contributed by atoms with Crippen LogP contribution >= 0.6 is 0 Å². The molecule has 0 amide bonds. The topological polar surface area (TPSA) is 75.8 Å². The van der Waals surface area contributed by atoms with E-state index in [0.717, 1.165) is 12.2 Å². The standard InChI is InChI=1S/C10H12N2O3/c1-12-2-3-15-9-7(10(13)14)4-6(11)5-8(9)12/h4-5H,2-3,11H2,1H3,(H,13,14). The fraction of sp³-hybridized carbons (Fsp3) is 0.300. The molecule has 15 heavy (non-hydrogen) atoms. The van der Waals surface area contributed by atoms with Gasteiger partial charge in [0.1, 0.15) is 12.2 Å². The molecule has 1 heterocycles. The lowest BCUT2D eigenvalue weighted by Crippen LogP contribution is -2.29. The zero-order chi connectivity index (χ0) is 11.0. The van der Waals surface area contributed by atoms with Gasteiger partial charge in [-0.15, -0.1) is 0 Å². The van der Waals surface area contributed by atoms with Crippen LogP contribution in [-0.4, -0.2) is 31.3 Å². The van der Waals surface area contributed by atoms with Gasteiger partial charge in [0.2, 0.25) is 0 Å². The molecule has 0 atom stereocenters.